The highest BCUT2D eigenvalue weighted by atomic mass is 79.9. The summed E-state index contributed by atoms with van der Waals surface area (Å²) in [4.78, 5) is 3.20. The molecular formula is C9H7BrF5NO2. The molecule has 1 rings (SSSR count). The number of hydrogen-bond acceptors (Lipinski definition) is 3. The van der Waals surface area contributed by atoms with Gasteiger partial charge < -0.3 is 9.47 Å². The van der Waals surface area contributed by atoms with Gasteiger partial charge in [-0.05, 0) is 0 Å². The Labute approximate surface area is 107 Å². The minimum Gasteiger partial charge on any atom is -0.491 e. The van der Waals surface area contributed by atoms with Crippen molar-refractivity contribution < 1.29 is 31.4 Å². The number of aromatic nitrogens is 1. The van der Waals surface area contributed by atoms with E-state index in [4.69, 9.17) is 0 Å². The zero-order valence-electron chi connectivity index (χ0n) is 8.89. The largest absolute Gasteiger partial charge is 0.574 e. The van der Waals surface area contributed by atoms with Crippen LogP contribution in [0.15, 0.2) is 6.20 Å². The summed E-state index contributed by atoms with van der Waals surface area (Å²) >= 11 is 2.90. The van der Waals surface area contributed by atoms with Crippen molar-refractivity contribution in [2.45, 2.75) is 18.1 Å². The van der Waals surface area contributed by atoms with E-state index in [0.29, 0.717) is 6.20 Å². The Morgan fingerprint density at radius 1 is 1.39 bits per heavy atom. The van der Waals surface area contributed by atoms with Crippen LogP contribution in [-0.2, 0) is 5.33 Å². The van der Waals surface area contributed by atoms with Crippen LogP contribution in [0.3, 0.4) is 0 Å². The minimum absolute atomic E-state index is 0.118. The van der Waals surface area contributed by atoms with E-state index in [1.807, 2.05) is 0 Å². The fourth-order valence-electron chi connectivity index (χ4n) is 1.24. The molecule has 1 aromatic heterocycles. The summed E-state index contributed by atoms with van der Waals surface area (Å²) in [7, 11) is 1.04. The molecule has 1 aromatic rings. The number of alkyl halides is 6. The summed E-state index contributed by atoms with van der Waals surface area (Å²) in [5.41, 5.74) is -0.653. The van der Waals surface area contributed by atoms with Gasteiger partial charge in [0.25, 0.3) is 12.3 Å². The number of nitrogens with zero attached hydrogens (tertiary/aromatic N) is 1. The van der Waals surface area contributed by atoms with E-state index >= 15 is 0 Å². The molecule has 18 heavy (non-hydrogen) atoms. The lowest BCUT2D eigenvalue weighted by Gasteiger charge is -2.16. The van der Waals surface area contributed by atoms with Crippen LogP contribution in [0.25, 0.3) is 0 Å². The van der Waals surface area contributed by atoms with E-state index < -0.39 is 30.0 Å². The van der Waals surface area contributed by atoms with Crippen molar-refractivity contribution in [2.75, 3.05) is 7.11 Å². The summed E-state index contributed by atoms with van der Waals surface area (Å²) < 4.78 is 69.7. The van der Waals surface area contributed by atoms with Crippen LogP contribution in [-0.4, -0.2) is 18.5 Å². The first kappa shape index (κ1) is 14.9. The highest BCUT2D eigenvalue weighted by Crippen LogP contribution is 2.38. The third-order valence-electron chi connectivity index (χ3n) is 1.92. The van der Waals surface area contributed by atoms with Gasteiger partial charge in [-0.1, -0.05) is 15.9 Å². The topological polar surface area (TPSA) is 31.4 Å². The van der Waals surface area contributed by atoms with Crippen LogP contribution in [0.4, 0.5) is 22.0 Å². The molecule has 0 radical (unpaired) electrons. The fraction of sp³-hybridized carbons (Fsp3) is 0.444. The number of ether oxygens (including phenoxy) is 2. The highest BCUT2D eigenvalue weighted by Gasteiger charge is 2.34. The molecule has 0 saturated heterocycles. The molecule has 3 nitrogen and oxygen atoms in total. The van der Waals surface area contributed by atoms with Gasteiger partial charge in [-0.15, -0.1) is 13.2 Å². The van der Waals surface area contributed by atoms with Crippen molar-refractivity contribution in [3.05, 3.63) is 17.3 Å². The predicted molar refractivity (Wildman–Crippen MR) is 55.1 cm³/mol. The van der Waals surface area contributed by atoms with Crippen molar-refractivity contribution >= 4 is 15.9 Å². The lowest BCUT2D eigenvalue weighted by molar-refractivity contribution is -0.276. The minimum atomic E-state index is -4.98. The van der Waals surface area contributed by atoms with Gasteiger partial charge in [0.05, 0.1) is 7.11 Å². The molecule has 0 bridgehead atoms. The van der Waals surface area contributed by atoms with E-state index in [1.165, 1.54) is 0 Å². The first-order valence-corrected chi connectivity index (χ1v) is 5.58. The Bertz CT molecular complexity index is 424. The highest BCUT2D eigenvalue weighted by molar-refractivity contribution is 9.08. The Morgan fingerprint density at radius 2 is 2.00 bits per heavy atom. The molecule has 0 spiro atoms. The van der Waals surface area contributed by atoms with E-state index in [9.17, 15) is 22.0 Å². The van der Waals surface area contributed by atoms with Gasteiger partial charge in [0.2, 0.25) is 0 Å². The smallest absolute Gasteiger partial charge is 0.491 e. The molecule has 0 saturated carbocycles. The fourth-order valence-corrected chi connectivity index (χ4v) is 1.82. The second-order valence-corrected chi connectivity index (χ2v) is 3.57. The molecule has 102 valence electrons. The molecule has 0 amide bonds. The second-order valence-electron chi connectivity index (χ2n) is 3.01. The summed E-state index contributed by atoms with van der Waals surface area (Å²) in [6.45, 7) is 0. The monoisotopic (exact) mass is 335 g/mol. The molecule has 0 aliphatic carbocycles. The normalized spacial score (nSPS) is 11.8. The van der Waals surface area contributed by atoms with Gasteiger partial charge in [-0.2, -0.15) is 0 Å². The molecule has 0 aliphatic rings. The van der Waals surface area contributed by atoms with Crippen LogP contribution in [0.5, 0.6) is 11.6 Å². The number of hydrogen-bond donors (Lipinski definition) is 0. The molecule has 1 heterocycles. The SMILES string of the molecule is COc1c(OC(F)(F)F)ncc(C(F)F)c1CBr. The predicted octanol–water partition coefficient (Wildman–Crippen LogP) is 3.82. The van der Waals surface area contributed by atoms with Crippen molar-refractivity contribution in [1.29, 1.82) is 0 Å². The van der Waals surface area contributed by atoms with Gasteiger partial charge in [-0.25, -0.2) is 13.8 Å². The number of methoxy groups -OCH3 is 1. The Kier molecular flexibility index (Phi) is 4.71. The summed E-state index contributed by atoms with van der Waals surface area (Å²) in [6.07, 6.45) is -7.22. The van der Waals surface area contributed by atoms with Crippen molar-refractivity contribution in [3.8, 4) is 11.6 Å². The number of halogens is 6. The Morgan fingerprint density at radius 3 is 2.39 bits per heavy atom. The van der Waals surface area contributed by atoms with Gasteiger partial charge >= 0.3 is 6.36 Å². The molecule has 0 aliphatic heterocycles. The molecule has 0 unspecified atom stereocenters. The number of pyridine rings is 1. The standard InChI is InChI=1S/C9H7BrF5NO2/c1-17-6-4(2-10)5(7(11)12)3-16-8(6)18-9(13,14)15/h3,7H,2H2,1H3. The van der Waals surface area contributed by atoms with E-state index in [-0.39, 0.29) is 10.9 Å². The molecule has 9 heteroatoms. The molecule has 0 aromatic carbocycles. The van der Waals surface area contributed by atoms with Gasteiger partial charge in [0.15, 0.2) is 5.75 Å². The molecular weight excluding hydrogens is 329 g/mol. The molecule has 0 atom stereocenters. The maximum Gasteiger partial charge on any atom is 0.574 e. The first-order chi connectivity index (χ1) is 8.30. The van der Waals surface area contributed by atoms with Crippen LogP contribution >= 0.6 is 15.9 Å². The average Bonchev–Trinajstić information content (AvgIpc) is 2.25. The Balaban J connectivity index is 3.30. The zero-order valence-corrected chi connectivity index (χ0v) is 10.5. The Hall–Kier alpha value is -1.12. The van der Waals surface area contributed by atoms with Gasteiger partial charge in [0.1, 0.15) is 0 Å². The van der Waals surface area contributed by atoms with E-state index in [0.717, 1.165) is 7.11 Å². The summed E-state index contributed by atoms with van der Waals surface area (Å²) in [6, 6.07) is 0. The third kappa shape index (κ3) is 3.44. The van der Waals surface area contributed by atoms with Gasteiger partial charge in [0, 0.05) is 22.7 Å². The summed E-state index contributed by atoms with van der Waals surface area (Å²) in [5, 5.41) is -0.118. The number of rotatable bonds is 4. The van der Waals surface area contributed by atoms with Crippen molar-refractivity contribution in [2.24, 2.45) is 0 Å². The van der Waals surface area contributed by atoms with Crippen molar-refractivity contribution in [1.82, 2.24) is 4.98 Å². The van der Waals surface area contributed by atoms with Gasteiger partial charge in [-0.3, -0.25) is 0 Å². The lowest BCUT2D eigenvalue weighted by atomic mass is 10.1. The first-order valence-electron chi connectivity index (χ1n) is 4.45. The van der Waals surface area contributed by atoms with E-state index in [1.54, 1.807) is 0 Å². The van der Waals surface area contributed by atoms with Crippen LogP contribution < -0.4 is 9.47 Å². The van der Waals surface area contributed by atoms with Crippen LogP contribution in [0, 0.1) is 0 Å². The van der Waals surface area contributed by atoms with Crippen molar-refractivity contribution in [3.63, 3.8) is 0 Å². The van der Waals surface area contributed by atoms with Crippen LogP contribution in [0.1, 0.15) is 17.6 Å². The maximum atomic E-state index is 12.6. The average molecular weight is 336 g/mol. The maximum absolute atomic E-state index is 12.6. The summed E-state index contributed by atoms with van der Waals surface area (Å²) in [5.74, 6) is -1.37. The van der Waals surface area contributed by atoms with E-state index in [2.05, 4.69) is 30.4 Å². The quantitative estimate of drug-likeness (QED) is 0.619. The van der Waals surface area contributed by atoms with Crippen LogP contribution in [0.2, 0.25) is 0 Å². The third-order valence-corrected chi connectivity index (χ3v) is 2.48. The lowest BCUT2D eigenvalue weighted by Crippen LogP contribution is -2.19. The zero-order chi connectivity index (χ0) is 13.9. The molecule has 0 N–H and O–H groups in total. The molecule has 0 fully saturated rings. The second kappa shape index (κ2) is 5.68.